The van der Waals surface area contributed by atoms with E-state index in [0.29, 0.717) is 0 Å². The van der Waals surface area contributed by atoms with Gasteiger partial charge in [-0.3, -0.25) is 4.90 Å². The quantitative estimate of drug-likeness (QED) is 0.862. The number of rotatable bonds is 5. The van der Waals surface area contributed by atoms with Crippen LogP contribution in [0.4, 0.5) is 5.95 Å². The molecule has 2 aromatic rings. The van der Waals surface area contributed by atoms with Crippen LogP contribution in [0.1, 0.15) is 12.2 Å². The van der Waals surface area contributed by atoms with Gasteiger partial charge in [0.05, 0.1) is 0 Å². The van der Waals surface area contributed by atoms with E-state index in [4.69, 9.17) is 0 Å². The number of aromatic nitrogens is 5. The second-order valence-corrected chi connectivity index (χ2v) is 5.16. The summed E-state index contributed by atoms with van der Waals surface area (Å²) in [4.78, 5) is 13.2. The largest absolute Gasteiger partial charge is 0.339 e. The molecule has 20 heavy (non-hydrogen) atoms. The average Bonchev–Trinajstić information content (AvgIpc) is 3.12. The number of H-pyrrole nitrogens is 1. The maximum Gasteiger partial charge on any atom is 0.221 e. The van der Waals surface area contributed by atoms with E-state index < -0.39 is 0 Å². The summed E-state index contributed by atoms with van der Waals surface area (Å²) >= 11 is 0. The van der Waals surface area contributed by atoms with Gasteiger partial charge in [-0.05, 0) is 19.9 Å². The van der Waals surface area contributed by atoms with Crippen molar-refractivity contribution in [1.29, 1.82) is 0 Å². The Labute approximate surface area is 118 Å². The number of aryl methyl sites for hydroxylation is 2. The molecule has 1 N–H and O–H groups in total. The molecule has 0 aliphatic carbocycles. The molecule has 0 amide bonds. The Bertz CT molecular complexity index is 511. The summed E-state index contributed by atoms with van der Waals surface area (Å²) in [5, 5.41) is 6.83. The summed E-state index contributed by atoms with van der Waals surface area (Å²) in [6.45, 7) is 8.44. The third kappa shape index (κ3) is 2.98. The first-order valence-electron chi connectivity index (χ1n) is 7.13. The zero-order valence-electron chi connectivity index (χ0n) is 11.9. The van der Waals surface area contributed by atoms with Crippen molar-refractivity contribution in [2.45, 2.75) is 19.9 Å². The number of nitrogens with one attached hydrogen (secondary N) is 1. The van der Waals surface area contributed by atoms with Crippen LogP contribution in [0.3, 0.4) is 0 Å². The zero-order chi connectivity index (χ0) is 13.8. The topological polar surface area (TPSA) is 65.9 Å². The highest BCUT2D eigenvalue weighted by Gasteiger charge is 2.18. The summed E-state index contributed by atoms with van der Waals surface area (Å²) in [7, 11) is 0. The fraction of sp³-hybridized carbons (Fsp3) is 0.615. The van der Waals surface area contributed by atoms with Crippen molar-refractivity contribution in [3.63, 3.8) is 0 Å². The van der Waals surface area contributed by atoms with Crippen LogP contribution in [0.5, 0.6) is 0 Å². The third-order valence-electron chi connectivity index (χ3n) is 3.87. The smallest absolute Gasteiger partial charge is 0.221 e. The maximum absolute atomic E-state index is 4.25. The van der Waals surface area contributed by atoms with Gasteiger partial charge >= 0.3 is 0 Å². The number of hydrogen-bond acceptors (Lipinski definition) is 5. The summed E-state index contributed by atoms with van der Waals surface area (Å²) < 4.78 is 2.21. The molecule has 0 bridgehead atoms. The molecule has 7 heteroatoms. The van der Waals surface area contributed by atoms with Gasteiger partial charge in [0, 0.05) is 45.1 Å². The number of aromatic amines is 1. The maximum atomic E-state index is 4.25. The molecule has 0 aromatic carbocycles. The van der Waals surface area contributed by atoms with Gasteiger partial charge in [-0.1, -0.05) is 0 Å². The zero-order valence-corrected chi connectivity index (χ0v) is 11.9. The number of nitrogens with zero attached hydrogens (tertiary/aromatic N) is 6. The molecule has 1 aliphatic rings. The van der Waals surface area contributed by atoms with Crippen molar-refractivity contribution >= 4 is 5.95 Å². The van der Waals surface area contributed by atoms with Crippen molar-refractivity contribution in [3.8, 4) is 0 Å². The minimum Gasteiger partial charge on any atom is -0.339 e. The number of anilines is 1. The van der Waals surface area contributed by atoms with Crippen molar-refractivity contribution in [1.82, 2.24) is 29.6 Å². The molecular formula is C13H21N7. The molecule has 1 aliphatic heterocycles. The lowest BCUT2D eigenvalue weighted by atomic mass is 10.3. The van der Waals surface area contributed by atoms with Crippen LogP contribution >= 0.6 is 0 Å². The number of imidazole rings is 1. The Kier molecular flexibility index (Phi) is 3.96. The molecule has 0 unspecified atom stereocenters. The first kappa shape index (κ1) is 13.1. The first-order valence-corrected chi connectivity index (χ1v) is 7.13. The third-order valence-corrected chi connectivity index (χ3v) is 3.87. The summed E-state index contributed by atoms with van der Waals surface area (Å²) in [6.07, 6.45) is 6.65. The van der Waals surface area contributed by atoms with E-state index in [1.807, 2.05) is 6.20 Å². The summed E-state index contributed by atoms with van der Waals surface area (Å²) in [6, 6.07) is 0. The minimum absolute atomic E-state index is 0.888. The summed E-state index contributed by atoms with van der Waals surface area (Å²) in [5.41, 5.74) is 0. The molecule has 1 saturated heterocycles. The van der Waals surface area contributed by atoms with E-state index in [2.05, 4.69) is 47.7 Å². The molecule has 108 valence electrons. The molecule has 0 radical (unpaired) electrons. The first-order chi connectivity index (χ1) is 9.83. The van der Waals surface area contributed by atoms with E-state index in [9.17, 15) is 0 Å². The molecule has 0 atom stereocenters. The molecule has 3 rings (SSSR count). The predicted molar refractivity (Wildman–Crippen MR) is 76.6 cm³/mol. The molecule has 0 saturated carbocycles. The van der Waals surface area contributed by atoms with Crippen LogP contribution in [-0.4, -0.2) is 62.4 Å². The van der Waals surface area contributed by atoms with Gasteiger partial charge in [0.2, 0.25) is 5.95 Å². The van der Waals surface area contributed by atoms with Gasteiger partial charge in [-0.25, -0.2) is 10.1 Å². The Morgan fingerprint density at radius 1 is 1.15 bits per heavy atom. The molecule has 1 fully saturated rings. The predicted octanol–water partition coefficient (Wildman–Crippen LogP) is 0.522. The van der Waals surface area contributed by atoms with E-state index in [0.717, 1.165) is 51.0 Å². The number of piperazine rings is 1. The molecule has 2 aromatic heterocycles. The Hall–Kier alpha value is -1.89. The van der Waals surface area contributed by atoms with Gasteiger partial charge < -0.3 is 9.47 Å². The highest BCUT2D eigenvalue weighted by atomic mass is 15.4. The van der Waals surface area contributed by atoms with E-state index in [1.54, 1.807) is 6.33 Å². The highest BCUT2D eigenvalue weighted by molar-refractivity contribution is 5.27. The van der Waals surface area contributed by atoms with Crippen molar-refractivity contribution in [2.75, 3.05) is 37.6 Å². The fourth-order valence-electron chi connectivity index (χ4n) is 2.64. The van der Waals surface area contributed by atoms with Gasteiger partial charge in [0.15, 0.2) is 0 Å². The van der Waals surface area contributed by atoms with Gasteiger partial charge in [-0.15, -0.1) is 0 Å². The number of hydrogen-bond donors (Lipinski definition) is 1. The highest BCUT2D eigenvalue weighted by Crippen LogP contribution is 2.09. The Balaban J connectivity index is 1.40. The van der Waals surface area contributed by atoms with Crippen LogP contribution in [0.2, 0.25) is 0 Å². The standard InChI is InChI=1S/C13H21N7/c1-12-14-3-6-19(12)5-2-4-18-7-9-20(10-8-18)13-15-11-16-17-13/h3,6,11H,2,4-5,7-10H2,1H3,(H,15,16,17). The van der Waals surface area contributed by atoms with E-state index >= 15 is 0 Å². The van der Waals surface area contributed by atoms with E-state index in [1.165, 1.54) is 6.42 Å². The Morgan fingerprint density at radius 2 is 2.00 bits per heavy atom. The summed E-state index contributed by atoms with van der Waals surface area (Å²) in [5.74, 6) is 1.99. The average molecular weight is 275 g/mol. The molecule has 7 nitrogen and oxygen atoms in total. The molecular weight excluding hydrogens is 254 g/mol. The molecule has 0 spiro atoms. The fourth-order valence-corrected chi connectivity index (χ4v) is 2.64. The second-order valence-electron chi connectivity index (χ2n) is 5.16. The van der Waals surface area contributed by atoms with Crippen LogP contribution in [0.25, 0.3) is 0 Å². The van der Waals surface area contributed by atoms with Crippen LogP contribution in [0, 0.1) is 6.92 Å². The lowest BCUT2D eigenvalue weighted by Crippen LogP contribution is -2.47. The van der Waals surface area contributed by atoms with Gasteiger partial charge in [-0.2, -0.15) is 10.1 Å². The SMILES string of the molecule is Cc1nccn1CCCN1CCN(c2ncn[nH]2)CC1. The monoisotopic (exact) mass is 275 g/mol. The normalized spacial score (nSPS) is 16.8. The van der Waals surface area contributed by atoms with Gasteiger partial charge in [0.25, 0.3) is 0 Å². The van der Waals surface area contributed by atoms with Crippen molar-refractivity contribution < 1.29 is 0 Å². The lowest BCUT2D eigenvalue weighted by molar-refractivity contribution is 0.249. The Morgan fingerprint density at radius 3 is 2.65 bits per heavy atom. The van der Waals surface area contributed by atoms with Crippen molar-refractivity contribution in [2.24, 2.45) is 0 Å². The van der Waals surface area contributed by atoms with E-state index in [-0.39, 0.29) is 0 Å². The lowest BCUT2D eigenvalue weighted by Gasteiger charge is -2.34. The van der Waals surface area contributed by atoms with Crippen molar-refractivity contribution in [3.05, 3.63) is 24.5 Å². The van der Waals surface area contributed by atoms with Crippen LogP contribution in [0.15, 0.2) is 18.7 Å². The second kappa shape index (κ2) is 6.04. The van der Waals surface area contributed by atoms with Gasteiger partial charge in [0.1, 0.15) is 12.2 Å². The van der Waals surface area contributed by atoms with Crippen LogP contribution < -0.4 is 4.90 Å². The minimum atomic E-state index is 0.888. The molecule has 3 heterocycles. The van der Waals surface area contributed by atoms with Crippen LogP contribution in [-0.2, 0) is 6.54 Å².